The van der Waals surface area contributed by atoms with Crippen molar-refractivity contribution in [2.45, 2.75) is 50.8 Å². The van der Waals surface area contributed by atoms with Crippen LogP contribution in [0.5, 0.6) is 0 Å². The van der Waals surface area contributed by atoms with E-state index in [1.54, 1.807) is 0 Å². The molecule has 1 nitrogen and oxygen atoms in total. The van der Waals surface area contributed by atoms with Crippen LogP contribution in [0.2, 0.25) is 0 Å². The Morgan fingerprint density at radius 2 is 1.56 bits per heavy atom. The van der Waals surface area contributed by atoms with Crippen molar-refractivity contribution in [2.75, 3.05) is 0 Å². The van der Waals surface area contributed by atoms with Crippen LogP contribution in [0, 0.1) is 19.3 Å². The van der Waals surface area contributed by atoms with Gasteiger partial charge in [-0.15, -0.1) is 0 Å². The minimum atomic E-state index is 0.184. The summed E-state index contributed by atoms with van der Waals surface area (Å²) >= 11 is 1.99. The van der Waals surface area contributed by atoms with E-state index in [4.69, 9.17) is 0 Å². The SMILES string of the molecule is Cc1ccc2c(CC(C)(C)C)c3c(c(C)c2c1)-c1c2c(cc4cccc(-c5ccccc5)c4c2cc[n+]1C)S3. The molecule has 2 heteroatoms. The minimum Gasteiger partial charge on any atom is -0.200 e. The molecule has 6 aromatic rings. The van der Waals surface area contributed by atoms with E-state index in [1.165, 1.54) is 81.2 Å². The Bertz CT molecular complexity index is 1960. The summed E-state index contributed by atoms with van der Waals surface area (Å²) in [5.41, 5.74) is 9.70. The Morgan fingerprint density at radius 1 is 0.769 bits per heavy atom. The van der Waals surface area contributed by atoms with Crippen LogP contribution in [-0.2, 0) is 13.5 Å². The van der Waals surface area contributed by atoms with Crippen molar-refractivity contribution >= 4 is 44.1 Å². The van der Waals surface area contributed by atoms with Gasteiger partial charge in [-0.3, -0.25) is 0 Å². The highest BCUT2D eigenvalue weighted by Crippen LogP contribution is 2.54. The quantitative estimate of drug-likeness (QED) is 0.161. The van der Waals surface area contributed by atoms with Gasteiger partial charge in [0.05, 0.1) is 10.9 Å². The van der Waals surface area contributed by atoms with Gasteiger partial charge in [0.25, 0.3) is 0 Å². The van der Waals surface area contributed by atoms with Gasteiger partial charge >= 0.3 is 0 Å². The van der Waals surface area contributed by atoms with Crippen LogP contribution in [-0.4, -0.2) is 0 Å². The summed E-state index contributed by atoms with van der Waals surface area (Å²) in [4.78, 5) is 2.80. The largest absolute Gasteiger partial charge is 0.222 e. The minimum absolute atomic E-state index is 0.184. The third-order valence-electron chi connectivity index (χ3n) is 8.24. The Morgan fingerprint density at radius 3 is 2.33 bits per heavy atom. The average molecular weight is 525 g/mol. The molecule has 1 aliphatic heterocycles. The Balaban J connectivity index is 1.65. The van der Waals surface area contributed by atoms with E-state index in [2.05, 4.69) is 131 Å². The van der Waals surface area contributed by atoms with Crippen molar-refractivity contribution in [1.29, 1.82) is 0 Å². The third-order valence-corrected chi connectivity index (χ3v) is 9.44. The molecule has 0 unspecified atom stereocenters. The summed E-state index contributed by atoms with van der Waals surface area (Å²) < 4.78 is 2.36. The standard InChI is InChI=1S/C37H34NS/c1-22-15-16-27-29(19-22)23(2)32-35-34-28(17-18-38(35)6)33-25(13-10-14-26(33)24-11-8-7-9-12-24)20-31(34)39-36(32)30(27)21-37(3,4)5/h7-20H,21H2,1-6H3/q+1. The molecule has 1 aliphatic rings. The molecule has 39 heavy (non-hydrogen) atoms. The summed E-state index contributed by atoms with van der Waals surface area (Å²) in [6, 6.07) is 29.4. The lowest BCUT2D eigenvalue weighted by Crippen LogP contribution is -2.32. The topological polar surface area (TPSA) is 3.88 Å². The normalized spacial score (nSPS) is 12.9. The zero-order valence-corrected chi connectivity index (χ0v) is 24.5. The molecule has 0 bridgehead atoms. The van der Waals surface area contributed by atoms with Crippen LogP contribution in [0.25, 0.3) is 54.7 Å². The van der Waals surface area contributed by atoms with Gasteiger partial charge in [-0.1, -0.05) is 105 Å². The molecule has 1 aromatic heterocycles. The van der Waals surface area contributed by atoms with Crippen LogP contribution in [0.3, 0.4) is 0 Å². The van der Waals surface area contributed by atoms with Gasteiger partial charge in [-0.25, -0.2) is 4.57 Å². The van der Waals surface area contributed by atoms with Crippen molar-refractivity contribution in [3.63, 3.8) is 0 Å². The molecule has 0 fully saturated rings. The highest BCUT2D eigenvalue weighted by Gasteiger charge is 2.33. The lowest BCUT2D eigenvalue weighted by Gasteiger charge is -2.28. The van der Waals surface area contributed by atoms with Gasteiger partial charge in [-0.05, 0) is 75.5 Å². The number of hydrogen-bond donors (Lipinski definition) is 0. The molecular formula is C37H34NS+. The maximum Gasteiger partial charge on any atom is 0.222 e. The van der Waals surface area contributed by atoms with Crippen LogP contribution in [0.15, 0.2) is 94.9 Å². The molecule has 0 saturated heterocycles. The van der Waals surface area contributed by atoms with Gasteiger partial charge in [0.2, 0.25) is 5.69 Å². The second kappa shape index (κ2) is 8.69. The van der Waals surface area contributed by atoms with Crippen LogP contribution >= 0.6 is 11.8 Å². The summed E-state index contributed by atoms with van der Waals surface area (Å²) in [6.07, 6.45) is 3.31. The van der Waals surface area contributed by atoms with Gasteiger partial charge in [0, 0.05) is 21.2 Å². The van der Waals surface area contributed by atoms with E-state index in [0.29, 0.717) is 0 Å². The number of pyridine rings is 1. The Hall–Kier alpha value is -3.62. The number of rotatable bonds is 2. The van der Waals surface area contributed by atoms with E-state index >= 15 is 0 Å². The van der Waals surface area contributed by atoms with Crippen molar-refractivity contribution < 1.29 is 4.57 Å². The first-order valence-corrected chi connectivity index (χ1v) is 14.7. The number of fused-ring (bicyclic) bond motifs is 5. The predicted octanol–water partition coefficient (Wildman–Crippen LogP) is 9.97. The number of hydrogen-bond acceptors (Lipinski definition) is 1. The molecule has 0 saturated carbocycles. The molecule has 0 N–H and O–H groups in total. The van der Waals surface area contributed by atoms with E-state index in [9.17, 15) is 0 Å². The maximum absolute atomic E-state index is 2.44. The monoisotopic (exact) mass is 524 g/mol. The van der Waals surface area contributed by atoms with E-state index in [0.717, 1.165) is 6.42 Å². The second-order valence-corrected chi connectivity index (χ2v) is 13.5. The zero-order chi connectivity index (χ0) is 27.1. The molecule has 2 heterocycles. The zero-order valence-electron chi connectivity index (χ0n) is 23.6. The Labute approximate surface area is 235 Å². The number of aryl methyl sites for hydroxylation is 3. The molecule has 7 rings (SSSR count). The fraction of sp³-hybridized carbons (Fsp3) is 0.216. The van der Waals surface area contributed by atoms with Crippen molar-refractivity contribution in [3.8, 4) is 22.4 Å². The first-order chi connectivity index (χ1) is 18.7. The molecule has 192 valence electrons. The molecule has 0 spiro atoms. The van der Waals surface area contributed by atoms with Crippen LogP contribution in [0.1, 0.15) is 37.5 Å². The molecule has 0 aliphatic carbocycles. The van der Waals surface area contributed by atoms with E-state index < -0.39 is 0 Å². The molecule has 5 aromatic carbocycles. The Kier molecular flexibility index (Phi) is 5.44. The first kappa shape index (κ1) is 24.4. The predicted molar refractivity (Wildman–Crippen MR) is 168 cm³/mol. The summed E-state index contributed by atoms with van der Waals surface area (Å²) in [7, 11) is 2.22. The molecular weight excluding hydrogens is 490 g/mol. The van der Waals surface area contributed by atoms with Gasteiger partial charge in [0.1, 0.15) is 7.05 Å². The highest BCUT2D eigenvalue weighted by atomic mass is 32.2. The summed E-state index contributed by atoms with van der Waals surface area (Å²) in [5, 5.41) is 8.17. The van der Waals surface area contributed by atoms with Crippen molar-refractivity contribution in [1.82, 2.24) is 0 Å². The second-order valence-electron chi connectivity index (χ2n) is 12.4. The van der Waals surface area contributed by atoms with E-state index in [-0.39, 0.29) is 5.41 Å². The van der Waals surface area contributed by atoms with Crippen LogP contribution < -0.4 is 4.57 Å². The average Bonchev–Trinajstić information content (AvgIpc) is 2.91. The summed E-state index contributed by atoms with van der Waals surface area (Å²) in [6.45, 7) is 11.6. The lowest BCUT2D eigenvalue weighted by molar-refractivity contribution is -0.659. The number of benzene rings is 5. The van der Waals surface area contributed by atoms with Crippen molar-refractivity contribution in [2.24, 2.45) is 12.5 Å². The first-order valence-electron chi connectivity index (χ1n) is 13.9. The fourth-order valence-electron chi connectivity index (χ4n) is 6.57. The highest BCUT2D eigenvalue weighted by molar-refractivity contribution is 8.00. The van der Waals surface area contributed by atoms with Gasteiger partial charge in [-0.2, -0.15) is 0 Å². The van der Waals surface area contributed by atoms with E-state index in [1.807, 2.05) is 11.8 Å². The number of nitrogens with zero attached hydrogens (tertiary/aromatic N) is 1. The molecule has 0 atom stereocenters. The smallest absolute Gasteiger partial charge is 0.200 e. The van der Waals surface area contributed by atoms with Crippen LogP contribution in [0.4, 0.5) is 0 Å². The third kappa shape index (κ3) is 3.80. The van der Waals surface area contributed by atoms with Crippen molar-refractivity contribution in [3.05, 3.63) is 102 Å². The number of aromatic nitrogens is 1. The maximum atomic E-state index is 2.44. The fourth-order valence-corrected chi connectivity index (χ4v) is 7.95. The molecule has 0 amide bonds. The van der Waals surface area contributed by atoms with Gasteiger partial charge < -0.3 is 0 Å². The lowest BCUT2D eigenvalue weighted by atomic mass is 9.82. The molecule has 0 radical (unpaired) electrons. The van der Waals surface area contributed by atoms with Gasteiger partial charge in [0.15, 0.2) is 6.20 Å². The summed E-state index contributed by atoms with van der Waals surface area (Å²) in [5.74, 6) is 0.